The van der Waals surface area contributed by atoms with E-state index in [0.29, 0.717) is 18.4 Å². The summed E-state index contributed by atoms with van der Waals surface area (Å²) in [4.78, 5) is 36.7. The van der Waals surface area contributed by atoms with Gasteiger partial charge in [0.1, 0.15) is 5.82 Å². The van der Waals surface area contributed by atoms with Crippen molar-refractivity contribution in [2.45, 2.75) is 81.9 Å². The van der Waals surface area contributed by atoms with Crippen molar-refractivity contribution in [2.24, 2.45) is 5.92 Å². The second-order valence-corrected chi connectivity index (χ2v) is 9.94. The lowest BCUT2D eigenvalue weighted by Crippen LogP contribution is -2.48. The molecular formula is C23H35N5O3. The fraction of sp³-hybridized carbons (Fsp3) is 0.783. The van der Waals surface area contributed by atoms with Gasteiger partial charge in [-0.05, 0) is 44.9 Å². The number of likely N-dealkylation sites (tertiary alicyclic amines) is 2. The third-order valence-electron chi connectivity index (χ3n) is 7.78. The Labute approximate surface area is 183 Å². The van der Waals surface area contributed by atoms with Crippen LogP contribution in [-0.2, 0) is 9.59 Å². The molecule has 31 heavy (non-hydrogen) atoms. The topological polar surface area (TPSA) is 102 Å². The maximum Gasteiger partial charge on any atom is 0.228 e. The molecule has 2 amide bonds. The van der Waals surface area contributed by atoms with Gasteiger partial charge in [0.15, 0.2) is 0 Å². The number of nitrogens with one attached hydrogen (secondary N) is 2. The van der Waals surface area contributed by atoms with E-state index in [1.54, 1.807) is 6.92 Å². The highest BCUT2D eigenvalue weighted by atomic mass is 16.3. The predicted octanol–water partition coefficient (Wildman–Crippen LogP) is 1.34. The highest BCUT2D eigenvalue weighted by Gasteiger charge is 2.49. The van der Waals surface area contributed by atoms with E-state index in [2.05, 4.69) is 15.3 Å². The van der Waals surface area contributed by atoms with Gasteiger partial charge in [0.25, 0.3) is 0 Å². The van der Waals surface area contributed by atoms with Crippen LogP contribution in [0.15, 0.2) is 6.20 Å². The minimum Gasteiger partial charge on any atom is -0.392 e. The van der Waals surface area contributed by atoms with Gasteiger partial charge in [-0.1, -0.05) is 0 Å². The van der Waals surface area contributed by atoms with Crippen LogP contribution >= 0.6 is 0 Å². The van der Waals surface area contributed by atoms with E-state index in [-0.39, 0.29) is 29.7 Å². The smallest absolute Gasteiger partial charge is 0.228 e. The Balaban J connectivity index is 1.32. The van der Waals surface area contributed by atoms with Gasteiger partial charge in [0.2, 0.25) is 11.8 Å². The summed E-state index contributed by atoms with van der Waals surface area (Å²) in [5.41, 5.74) is 0.949. The van der Waals surface area contributed by atoms with Crippen molar-refractivity contribution in [1.82, 2.24) is 25.1 Å². The number of imidazole rings is 1. The number of aromatic nitrogens is 2. The molecule has 0 spiro atoms. The molecule has 3 heterocycles. The van der Waals surface area contributed by atoms with Crippen molar-refractivity contribution >= 4 is 11.8 Å². The molecule has 2 aliphatic carbocycles. The van der Waals surface area contributed by atoms with Crippen molar-refractivity contribution < 1.29 is 14.7 Å². The minimum atomic E-state index is -0.713. The number of hydrogen-bond acceptors (Lipinski definition) is 5. The molecule has 8 heteroatoms. The van der Waals surface area contributed by atoms with Crippen LogP contribution in [-0.4, -0.2) is 81.1 Å². The van der Waals surface area contributed by atoms with Gasteiger partial charge in [-0.15, -0.1) is 0 Å². The average molecular weight is 430 g/mol. The number of carbonyl (C=O) groups excluding carboxylic acids is 2. The highest BCUT2D eigenvalue weighted by molar-refractivity contribution is 5.80. The van der Waals surface area contributed by atoms with Crippen LogP contribution in [0.2, 0.25) is 0 Å². The van der Waals surface area contributed by atoms with E-state index in [1.165, 1.54) is 12.8 Å². The zero-order chi connectivity index (χ0) is 21.5. The van der Waals surface area contributed by atoms with E-state index in [0.717, 1.165) is 63.4 Å². The number of carbonyl (C=O) groups is 2. The standard InChI is InChI=1S/C23H35N5O3/c1-14(29)27-10-6-16(7-11-27)25-18-12-17(23(31)28-8-2-3-9-28)21(30)20(18)19-13-24-22(26-19)15-4-5-15/h13,15-18,20-21,25,30H,2-12H2,1H3,(H,24,26)/t17-,18+,20+,21+/m0/s1. The van der Waals surface area contributed by atoms with Crippen molar-refractivity contribution in [2.75, 3.05) is 26.2 Å². The molecule has 4 atom stereocenters. The summed E-state index contributed by atoms with van der Waals surface area (Å²) in [5, 5.41) is 15.1. The van der Waals surface area contributed by atoms with Crippen LogP contribution in [0.4, 0.5) is 0 Å². The van der Waals surface area contributed by atoms with Gasteiger partial charge in [0, 0.05) is 68.9 Å². The van der Waals surface area contributed by atoms with Crippen molar-refractivity contribution in [3.8, 4) is 0 Å². The summed E-state index contributed by atoms with van der Waals surface area (Å²) in [7, 11) is 0. The molecule has 5 rings (SSSR count). The number of aliphatic hydroxyl groups excluding tert-OH is 1. The van der Waals surface area contributed by atoms with Gasteiger partial charge in [-0.3, -0.25) is 9.59 Å². The number of H-pyrrole nitrogens is 1. The molecule has 2 aliphatic heterocycles. The summed E-state index contributed by atoms with van der Waals surface area (Å²) in [6.45, 7) is 4.77. The number of piperidine rings is 1. The molecule has 4 fully saturated rings. The zero-order valence-corrected chi connectivity index (χ0v) is 18.4. The zero-order valence-electron chi connectivity index (χ0n) is 18.4. The third-order valence-corrected chi connectivity index (χ3v) is 7.78. The first kappa shape index (κ1) is 20.9. The molecule has 0 unspecified atom stereocenters. The first-order valence-electron chi connectivity index (χ1n) is 12.0. The molecule has 0 aromatic carbocycles. The van der Waals surface area contributed by atoms with E-state index in [4.69, 9.17) is 0 Å². The van der Waals surface area contributed by atoms with Crippen LogP contribution in [0, 0.1) is 5.92 Å². The van der Waals surface area contributed by atoms with E-state index >= 15 is 0 Å². The monoisotopic (exact) mass is 429 g/mol. The minimum absolute atomic E-state index is 0.0212. The Kier molecular flexibility index (Phi) is 5.77. The number of hydrogen-bond donors (Lipinski definition) is 3. The molecule has 4 aliphatic rings. The quantitative estimate of drug-likeness (QED) is 0.656. The lowest BCUT2D eigenvalue weighted by Gasteiger charge is -2.34. The second-order valence-electron chi connectivity index (χ2n) is 9.94. The molecular weight excluding hydrogens is 394 g/mol. The van der Waals surface area contributed by atoms with E-state index in [9.17, 15) is 14.7 Å². The number of aromatic amines is 1. The Morgan fingerprint density at radius 2 is 1.81 bits per heavy atom. The predicted molar refractivity (Wildman–Crippen MR) is 115 cm³/mol. The number of aliphatic hydroxyl groups is 1. The van der Waals surface area contributed by atoms with Crippen LogP contribution in [0.5, 0.6) is 0 Å². The van der Waals surface area contributed by atoms with Gasteiger partial charge >= 0.3 is 0 Å². The fourth-order valence-electron chi connectivity index (χ4n) is 5.79. The summed E-state index contributed by atoms with van der Waals surface area (Å²) >= 11 is 0. The second kappa shape index (κ2) is 8.54. The Hall–Kier alpha value is -1.93. The molecule has 0 radical (unpaired) electrons. The maximum absolute atomic E-state index is 13.2. The molecule has 1 aromatic rings. The van der Waals surface area contributed by atoms with Crippen molar-refractivity contribution in [3.05, 3.63) is 17.7 Å². The molecule has 2 saturated carbocycles. The van der Waals surface area contributed by atoms with Gasteiger partial charge in [0.05, 0.1) is 12.0 Å². The first-order chi connectivity index (χ1) is 15.0. The van der Waals surface area contributed by atoms with Gasteiger partial charge < -0.3 is 25.2 Å². The molecule has 2 saturated heterocycles. The molecule has 1 aromatic heterocycles. The summed E-state index contributed by atoms with van der Waals surface area (Å²) in [6.07, 6.45) is 8.07. The van der Waals surface area contributed by atoms with Gasteiger partial charge in [-0.2, -0.15) is 0 Å². The molecule has 3 N–H and O–H groups in total. The molecule has 0 bridgehead atoms. The Bertz CT molecular complexity index is 808. The number of rotatable bonds is 5. The normalized spacial score (nSPS) is 32.1. The van der Waals surface area contributed by atoms with Crippen LogP contribution in [0.25, 0.3) is 0 Å². The van der Waals surface area contributed by atoms with Crippen LogP contribution in [0.1, 0.15) is 75.2 Å². The number of amides is 2. The first-order valence-corrected chi connectivity index (χ1v) is 12.0. The van der Waals surface area contributed by atoms with Crippen LogP contribution < -0.4 is 5.32 Å². The van der Waals surface area contributed by atoms with Crippen LogP contribution in [0.3, 0.4) is 0 Å². The lowest BCUT2D eigenvalue weighted by molar-refractivity contribution is -0.137. The number of nitrogens with zero attached hydrogens (tertiary/aromatic N) is 3. The largest absolute Gasteiger partial charge is 0.392 e. The Morgan fingerprint density at radius 3 is 2.45 bits per heavy atom. The third kappa shape index (κ3) is 4.24. The average Bonchev–Trinajstić information content (AvgIpc) is 3.15. The van der Waals surface area contributed by atoms with E-state index < -0.39 is 6.10 Å². The molecule has 8 nitrogen and oxygen atoms in total. The van der Waals surface area contributed by atoms with Crippen molar-refractivity contribution in [1.29, 1.82) is 0 Å². The Morgan fingerprint density at radius 1 is 1.10 bits per heavy atom. The lowest BCUT2D eigenvalue weighted by atomic mass is 9.94. The summed E-state index contributed by atoms with van der Waals surface area (Å²) in [5.74, 6) is 1.25. The SMILES string of the molecule is CC(=O)N1CCC(N[C@@H]2C[C@H](C(=O)N3CCCC3)[C@@H](O)[C@H]2c2cnc(C3CC3)[nH]2)CC1. The summed E-state index contributed by atoms with van der Waals surface area (Å²) in [6, 6.07) is 0.315. The van der Waals surface area contributed by atoms with E-state index in [1.807, 2.05) is 16.0 Å². The molecule has 170 valence electrons. The van der Waals surface area contributed by atoms with Crippen molar-refractivity contribution in [3.63, 3.8) is 0 Å². The maximum atomic E-state index is 13.2. The fourth-order valence-corrected chi connectivity index (χ4v) is 5.79. The summed E-state index contributed by atoms with van der Waals surface area (Å²) < 4.78 is 0. The highest BCUT2D eigenvalue weighted by Crippen LogP contribution is 2.43. The van der Waals surface area contributed by atoms with Gasteiger partial charge in [-0.25, -0.2) is 4.98 Å².